The molecule has 0 spiro atoms. The van der Waals surface area contributed by atoms with Crippen LogP contribution in [0.3, 0.4) is 0 Å². The zero-order valence-electron chi connectivity index (χ0n) is 9.50. The largest absolute Gasteiger partial charge is 0.377 e. The second kappa shape index (κ2) is 5.14. The lowest BCUT2D eigenvalue weighted by atomic mass is 10.1. The minimum absolute atomic E-state index is 0.165. The van der Waals surface area contributed by atoms with Gasteiger partial charge in [-0.05, 0) is 47.5 Å². The van der Waals surface area contributed by atoms with Crippen LogP contribution in [0.4, 0.5) is 10.1 Å². The molecule has 0 saturated carbocycles. The van der Waals surface area contributed by atoms with Gasteiger partial charge >= 0.3 is 0 Å². The maximum atomic E-state index is 13.3. The van der Waals surface area contributed by atoms with Gasteiger partial charge in [0.05, 0.1) is 16.0 Å². The van der Waals surface area contributed by atoms with Gasteiger partial charge in [-0.3, -0.25) is 4.98 Å². The molecule has 17 heavy (non-hydrogen) atoms. The van der Waals surface area contributed by atoms with E-state index in [1.54, 1.807) is 22.9 Å². The van der Waals surface area contributed by atoms with Gasteiger partial charge < -0.3 is 5.32 Å². The third-order valence-corrected chi connectivity index (χ3v) is 4.08. The van der Waals surface area contributed by atoms with Gasteiger partial charge in [-0.1, -0.05) is 0 Å². The second-order valence-corrected chi connectivity index (χ2v) is 5.62. The van der Waals surface area contributed by atoms with Gasteiger partial charge in [0, 0.05) is 16.8 Å². The summed E-state index contributed by atoms with van der Waals surface area (Å²) in [4.78, 5) is 5.21. The van der Waals surface area contributed by atoms with E-state index >= 15 is 0 Å². The van der Waals surface area contributed by atoms with Crippen molar-refractivity contribution >= 4 is 33.0 Å². The third kappa shape index (κ3) is 2.84. The lowest BCUT2D eigenvalue weighted by Crippen LogP contribution is -2.06. The van der Waals surface area contributed by atoms with Gasteiger partial charge in [0.25, 0.3) is 0 Å². The summed E-state index contributed by atoms with van der Waals surface area (Å²) in [5.74, 6) is -0.238. The van der Waals surface area contributed by atoms with Crippen molar-refractivity contribution in [3.05, 3.63) is 44.6 Å². The zero-order chi connectivity index (χ0) is 12.4. The fraction of sp³-hybridized carbons (Fsp3) is 0.250. The van der Waals surface area contributed by atoms with E-state index in [1.165, 1.54) is 6.07 Å². The molecule has 1 aromatic carbocycles. The topological polar surface area (TPSA) is 24.9 Å². The highest BCUT2D eigenvalue weighted by Crippen LogP contribution is 2.28. The number of halogens is 2. The van der Waals surface area contributed by atoms with Gasteiger partial charge in [-0.2, -0.15) is 0 Å². The van der Waals surface area contributed by atoms with Crippen LogP contribution < -0.4 is 5.32 Å². The highest BCUT2D eigenvalue weighted by molar-refractivity contribution is 9.10. The van der Waals surface area contributed by atoms with Gasteiger partial charge in [0.15, 0.2) is 0 Å². The van der Waals surface area contributed by atoms with Crippen LogP contribution in [0.1, 0.15) is 23.4 Å². The predicted molar refractivity (Wildman–Crippen MR) is 73.0 cm³/mol. The number of nitrogens with one attached hydrogen (secondary N) is 1. The highest BCUT2D eigenvalue weighted by Gasteiger charge is 2.10. The standard InChI is InChI=1S/C12H12BrFN2S/c1-7-3-10(14)9(13)4-11(7)16-8(2)12-5-15-6-17-12/h3-6,8,16H,1-2H3. The fourth-order valence-corrected chi connectivity index (χ4v) is 2.52. The smallest absolute Gasteiger partial charge is 0.137 e. The molecule has 0 aliphatic carbocycles. The SMILES string of the molecule is Cc1cc(F)c(Br)cc1NC(C)c1cncs1. The van der Waals surface area contributed by atoms with E-state index in [-0.39, 0.29) is 11.9 Å². The van der Waals surface area contributed by atoms with E-state index in [0.717, 1.165) is 16.1 Å². The van der Waals surface area contributed by atoms with Gasteiger partial charge in [0.1, 0.15) is 5.82 Å². The molecule has 0 fully saturated rings. The molecule has 2 nitrogen and oxygen atoms in total. The predicted octanol–water partition coefficient (Wildman–Crippen LogP) is 4.53. The number of aromatic nitrogens is 1. The summed E-state index contributed by atoms with van der Waals surface area (Å²) in [5.41, 5.74) is 3.63. The molecule has 0 bridgehead atoms. The first-order chi connectivity index (χ1) is 8.08. The number of aryl methyl sites for hydroxylation is 1. The van der Waals surface area contributed by atoms with Crippen LogP contribution in [0.2, 0.25) is 0 Å². The Labute approximate surface area is 112 Å². The fourth-order valence-electron chi connectivity index (χ4n) is 1.55. The maximum absolute atomic E-state index is 13.3. The molecule has 1 heterocycles. The van der Waals surface area contributed by atoms with E-state index in [4.69, 9.17) is 0 Å². The molecule has 1 atom stereocenters. The lowest BCUT2D eigenvalue weighted by molar-refractivity contribution is 0.620. The van der Waals surface area contributed by atoms with Crippen molar-refractivity contribution in [1.29, 1.82) is 0 Å². The van der Waals surface area contributed by atoms with Gasteiger partial charge in [-0.25, -0.2) is 4.39 Å². The van der Waals surface area contributed by atoms with Crippen LogP contribution in [-0.4, -0.2) is 4.98 Å². The number of anilines is 1. The highest BCUT2D eigenvalue weighted by atomic mass is 79.9. The minimum Gasteiger partial charge on any atom is -0.377 e. The minimum atomic E-state index is -0.238. The Hall–Kier alpha value is -0.940. The molecule has 1 N–H and O–H groups in total. The number of benzene rings is 1. The Bertz CT molecular complexity index is 513. The molecule has 1 unspecified atom stereocenters. The Morgan fingerprint density at radius 1 is 1.47 bits per heavy atom. The first kappa shape index (κ1) is 12.5. The quantitative estimate of drug-likeness (QED) is 0.900. The normalized spacial score (nSPS) is 12.5. The average Bonchev–Trinajstić information content (AvgIpc) is 2.79. The molecule has 5 heteroatoms. The molecule has 0 aliphatic rings. The molecule has 0 radical (unpaired) electrons. The van der Waals surface area contributed by atoms with Crippen LogP contribution in [0.5, 0.6) is 0 Å². The Morgan fingerprint density at radius 3 is 2.88 bits per heavy atom. The summed E-state index contributed by atoms with van der Waals surface area (Å²) in [5, 5.41) is 3.35. The van der Waals surface area contributed by atoms with E-state index in [0.29, 0.717) is 4.47 Å². The molecule has 1 aromatic heterocycles. The van der Waals surface area contributed by atoms with Crippen LogP contribution in [0.15, 0.2) is 28.3 Å². The summed E-state index contributed by atoms with van der Waals surface area (Å²) in [7, 11) is 0. The van der Waals surface area contributed by atoms with Crippen LogP contribution >= 0.6 is 27.3 Å². The number of rotatable bonds is 3. The zero-order valence-corrected chi connectivity index (χ0v) is 11.9. The monoisotopic (exact) mass is 314 g/mol. The first-order valence-electron chi connectivity index (χ1n) is 5.18. The molecule has 0 saturated heterocycles. The van der Waals surface area contributed by atoms with Crippen LogP contribution in [-0.2, 0) is 0 Å². The molecular weight excluding hydrogens is 303 g/mol. The molecule has 0 aliphatic heterocycles. The Balaban J connectivity index is 2.22. The van der Waals surface area contributed by atoms with Crippen molar-refractivity contribution in [3.8, 4) is 0 Å². The van der Waals surface area contributed by atoms with E-state index in [9.17, 15) is 4.39 Å². The number of nitrogens with zero attached hydrogens (tertiary/aromatic N) is 1. The summed E-state index contributed by atoms with van der Waals surface area (Å²) in [6.07, 6.45) is 1.84. The Kier molecular flexibility index (Phi) is 3.79. The second-order valence-electron chi connectivity index (χ2n) is 3.85. The molecular formula is C12H12BrFN2S. The summed E-state index contributed by atoms with van der Waals surface area (Å²) < 4.78 is 13.8. The van der Waals surface area contributed by atoms with Crippen LogP contribution in [0, 0.1) is 12.7 Å². The summed E-state index contributed by atoms with van der Waals surface area (Å²) >= 11 is 4.80. The number of thiazole rings is 1. The van der Waals surface area contributed by atoms with Gasteiger partial charge in [-0.15, -0.1) is 11.3 Å². The van der Waals surface area contributed by atoms with Gasteiger partial charge in [0.2, 0.25) is 0 Å². The van der Waals surface area contributed by atoms with Crippen molar-refractivity contribution < 1.29 is 4.39 Å². The third-order valence-electron chi connectivity index (χ3n) is 2.52. The summed E-state index contributed by atoms with van der Waals surface area (Å²) in [6, 6.07) is 3.45. The first-order valence-corrected chi connectivity index (χ1v) is 6.85. The maximum Gasteiger partial charge on any atom is 0.137 e. The van der Waals surface area contributed by atoms with Crippen molar-refractivity contribution in [2.75, 3.05) is 5.32 Å². The van der Waals surface area contributed by atoms with Crippen LogP contribution in [0.25, 0.3) is 0 Å². The van der Waals surface area contributed by atoms with E-state index in [2.05, 4.69) is 33.2 Å². The van der Waals surface area contributed by atoms with Crippen molar-refractivity contribution in [2.24, 2.45) is 0 Å². The molecule has 2 rings (SSSR count). The number of hydrogen-bond donors (Lipinski definition) is 1. The Morgan fingerprint density at radius 2 is 2.24 bits per heavy atom. The molecule has 90 valence electrons. The van der Waals surface area contributed by atoms with Crippen molar-refractivity contribution in [3.63, 3.8) is 0 Å². The van der Waals surface area contributed by atoms with Crippen molar-refractivity contribution in [2.45, 2.75) is 19.9 Å². The van der Waals surface area contributed by atoms with E-state index in [1.807, 2.05) is 13.1 Å². The average molecular weight is 315 g/mol. The van der Waals surface area contributed by atoms with E-state index < -0.39 is 0 Å². The van der Waals surface area contributed by atoms with Crippen molar-refractivity contribution in [1.82, 2.24) is 4.98 Å². The molecule has 2 aromatic rings. The lowest BCUT2D eigenvalue weighted by Gasteiger charge is -2.16. The summed E-state index contributed by atoms with van der Waals surface area (Å²) in [6.45, 7) is 3.95. The molecule has 0 amide bonds. The number of hydrogen-bond acceptors (Lipinski definition) is 3.